The Hall–Kier alpha value is -5.18. The van der Waals surface area contributed by atoms with Gasteiger partial charge in [-0.15, -0.1) is 22.7 Å². The average Bonchev–Trinajstić information content (AvgIpc) is 4.03. The van der Waals surface area contributed by atoms with Gasteiger partial charge in [-0.3, -0.25) is 47.7 Å². The SMILES string of the molecule is CCCCCCN1c2ccc(C=C(C=c3sc(=C4SC(=S)N(CC)C4=O)n(COC=O)c3=O)CCCCC)cc2CCc2cc(C=C(C=c3sc(=C4SC(=S)N(CC)C4=O)n(CC(=O)O)c3=O)CCCCC)ccc21. The largest absolute Gasteiger partial charge is 0.480 e. The van der Waals surface area contributed by atoms with Crippen LogP contribution in [0, 0.1) is 0 Å². The predicted molar refractivity (Wildman–Crippen MR) is 317 cm³/mol. The number of unbranched alkanes of at least 4 members (excludes halogenated alkanes) is 7. The van der Waals surface area contributed by atoms with Crippen molar-refractivity contribution in [2.24, 2.45) is 0 Å². The van der Waals surface area contributed by atoms with Gasteiger partial charge in [0.1, 0.15) is 34.3 Å². The summed E-state index contributed by atoms with van der Waals surface area (Å²) in [6.07, 6.45) is 21.4. The third-order valence-electron chi connectivity index (χ3n) is 13.3. The standard InChI is InChI=1S/C56H65N5O8S6/c1-6-11-14-17-26-59-42-24-20-38(27-36(18-15-12-7-2)31-44-49(65)60(33-46(63)64)53(72-44)47-51(67)57(9-4)55(70)74-47)29-40(42)22-23-41-30-39(21-25-43(41)59)28-37(19-16-13-8-3)32-45-50(66)61(34-69-35-62)54(73-45)48-52(68)58(10-5)56(71)75-48/h20-21,24-25,27-32,35H,6-19,22-23,26,33-34H2,1-5H3,(H,63,64). The van der Waals surface area contributed by atoms with Crippen LogP contribution in [0.3, 0.4) is 0 Å². The highest BCUT2D eigenvalue weighted by molar-refractivity contribution is 8.30. The first kappa shape index (κ1) is 57.5. The number of hydrogen-bond acceptors (Lipinski definition) is 14. The summed E-state index contributed by atoms with van der Waals surface area (Å²) in [6.45, 7) is 11.2. The molecule has 0 saturated carbocycles. The second kappa shape index (κ2) is 27.2. The first-order valence-corrected chi connectivity index (χ1v) is 30.0. The highest BCUT2D eigenvalue weighted by Gasteiger charge is 2.34. The van der Waals surface area contributed by atoms with Gasteiger partial charge in [0, 0.05) is 31.0 Å². The number of fused-ring (bicyclic) bond motifs is 2. The van der Waals surface area contributed by atoms with E-state index in [2.05, 4.69) is 74.2 Å². The van der Waals surface area contributed by atoms with Crippen molar-refractivity contribution in [3.8, 4) is 0 Å². The molecule has 19 heteroatoms. The number of rotatable bonds is 24. The van der Waals surface area contributed by atoms with E-state index in [4.69, 9.17) is 29.2 Å². The highest BCUT2D eigenvalue weighted by atomic mass is 32.2. The van der Waals surface area contributed by atoms with Gasteiger partial charge < -0.3 is 14.7 Å². The van der Waals surface area contributed by atoms with E-state index in [-0.39, 0.29) is 29.0 Å². The Morgan fingerprint density at radius 1 is 0.640 bits per heavy atom. The fraction of sp³-hybridized carbons (Fsp3) is 0.429. The summed E-state index contributed by atoms with van der Waals surface area (Å²) in [5.41, 5.74) is 7.90. The summed E-state index contributed by atoms with van der Waals surface area (Å²) < 4.78 is 9.92. The maximum absolute atomic E-state index is 14.1. The molecule has 2 fully saturated rings. The summed E-state index contributed by atoms with van der Waals surface area (Å²) >= 11 is 15.6. The monoisotopic (exact) mass is 1130 g/mol. The van der Waals surface area contributed by atoms with Crippen LogP contribution >= 0.6 is 70.6 Å². The molecule has 2 aromatic heterocycles. The summed E-state index contributed by atoms with van der Waals surface area (Å²) in [4.78, 5) is 84.3. The first-order chi connectivity index (χ1) is 36.2. The van der Waals surface area contributed by atoms with Crippen LogP contribution in [-0.4, -0.2) is 76.6 Å². The van der Waals surface area contributed by atoms with Crippen LogP contribution in [0.25, 0.3) is 34.1 Å². The molecule has 5 heterocycles. The van der Waals surface area contributed by atoms with Gasteiger partial charge in [-0.05, 0) is 129 Å². The Kier molecular flexibility index (Phi) is 20.9. The number of nitrogens with zero attached hydrogens (tertiary/aromatic N) is 5. The van der Waals surface area contributed by atoms with Crippen molar-refractivity contribution in [1.29, 1.82) is 0 Å². The van der Waals surface area contributed by atoms with Gasteiger partial charge in [-0.25, -0.2) is 0 Å². The van der Waals surface area contributed by atoms with E-state index in [0.29, 0.717) is 57.9 Å². The number of thiocarbonyl (C=S) groups is 2. The number of carboxylic acids is 1. The zero-order chi connectivity index (χ0) is 53.8. The van der Waals surface area contributed by atoms with E-state index >= 15 is 0 Å². The van der Waals surface area contributed by atoms with Crippen molar-refractivity contribution in [3.05, 3.63) is 109 Å². The van der Waals surface area contributed by atoms with Gasteiger partial charge >= 0.3 is 5.97 Å². The van der Waals surface area contributed by atoms with E-state index < -0.39 is 18.1 Å². The topological polar surface area (TPSA) is 151 Å². The molecule has 0 radical (unpaired) electrons. The van der Waals surface area contributed by atoms with Crippen LogP contribution in [0.5, 0.6) is 0 Å². The molecule has 2 saturated heterocycles. The van der Waals surface area contributed by atoms with E-state index in [1.165, 1.54) is 41.4 Å². The molecule has 398 valence electrons. The smallest absolute Gasteiger partial charge is 0.323 e. The summed E-state index contributed by atoms with van der Waals surface area (Å²) in [6, 6.07) is 13.3. The van der Waals surface area contributed by atoms with Gasteiger partial charge in [-0.1, -0.05) is 138 Å². The van der Waals surface area contributed by atoms with Crippen molar-refractivity contribution >= 4 is 149 Å². The number of thiazole rings is 2. The Bertz CT molecular complexity index is 3310. The number of anilines is 2. The second-order valence-corrected chi connectivity index (χ2v) is 23.9. The third-order valence-corrected chi connectivity index (χ3v) is 18.7. The van der Waals surface area contributed by atoms with Crippen LogP contribution < -0.4 is 34.4 Å². The number of aliphatic carboxylic acids is 1. The van der Waals surface area contributed by atoms with Crippen LogP contribution in [0.15, 0.2) is 57.1 Å². The zero-order valence-corrected chi connectivity index (χ0v) is 48.2. The molecule has 7 rings (SSSR count). The van der Waals surface area contributed by atoms with Crippen molar-refractivity contribution in [2.75, 3.05) is 24.5 Å². The van der Waals surface area contributed by atoms with Gasteiger partial charge in [-0.2, -0.15) is 0 Å². The molecule has 3 aliphatic rings. The minimum absolute atomic E-state index is 0.271. The summed E-state index contributed by atoms with van der Waals surface area (Å²) in [7, 11) is 0. The maximum atomic E-state index is 14.1. The predicted octanol–water partition coefficient (Wildman–Crippen LogP) is 9.03. The number of allylic oxidation sites excluding steroid dienone is 2. The van der Waals surface area contributed by atoms with Crippen LogP contribution in [0.4, 0.5) is 11.4 Å². The molecule has 0 spiro atoms. The van der Waals surface area contributed by atoms with E-state index in [1.807, 2.05) is 26.0 Å². The molecule has 4 aromatic rings. The number of carbonyl (C=O) groups is 4. The molecular formula is C56H65N5O8S6. The number of amides is 2. The number of aryl methyl sites for hydroxylation is 2. The Labute approximate surface area is 465 Å². The molecule has 2 amide bonds. The number of thioether (sulfide) groups is 2. The molecule has 0 atom stereocenters. The molecule has 0 unspecified atom stereocenters. The maximum Gasteiger partial charge on any atom is 0.323 e. The van der Waals surface area contributed by atoms with Gasteiger partial charge in [0.2, 0.25) is 0 Å². The Balaban J connectivity index is 1.28. The lowest BCUT2D eigenvalue weighted by molar-refractivity contribution is -0.138. The van der Waals surface area contributed by atoms with E-state index in [1.54, 1.807) is 0 Å². The van der Waals surface area contributed by atoms with Gasteiger partial charge in [0.05, 0.1) is 9.06 Å². The summed E-state index contributed by atoms with van der Waals surface area (Å²) in [5.74, 6) is -1.77. The zero-order valence-electron chi connectivity index (χ0n) is 43.3. The average molecular weight is 1130 g/mol. The van der Waals surface area contributed by atoms with Crippen molar-refractivity contribution < 1.29 is 29.0 Å². The van der Waals surface area contributed by atoms with Crippen molar-refractivity contribution in [1.82, 2.24) is 18.9 Å². The summed E-state index contributed by atoms with van der Waals surface area (Å²) in [5, 5.41) is 9.84. The van der Waals surface area contributed by atoms with Gasteiger partial charge in [0.15, 0.2) is 6.73 Å². The van der Waals surface area contributed by atoms with Crippen LogP contribution in [-0.2, 0) is 50.0 Å². The lowest BCUT2D eigenvalue weighted by Gasteiger charge is -2.27. The van der Waals surface area contributed by atoms with E-state index in [9.17, 15) is 33.9 Å². The minimum atomic E-state index is -1.18. The first-order valence-electron chi connectivity index (χ1n) is 26.0. The molecule has 3 aliphatic heterocycles. The second-order valence-electron chi connectivity index (χ2n) is 18.6. The number of carbonyl (C=O) groups excluding carboxylic acids is 3. The Morgan fingerprint density at radius 3 is 1.55 bits per heavy atom. The van der Waals surface area contributed by atoms with Crippen molar-refractivity contribution in [2.45, 2.75) is 138 Å². The molecule has 2 aromatic carbocycles. The number of carboxylic acid groups (broad SMARTS) is 1. The molecule has 13 nitrogen and oxygen atoms in total. The third kappa shape index (κ3) is 13.7. The van der Waals surface area contributed by atoms with Crippen LogP contribution in [0.1, 0.15) is 134 Å². The number of hydrogen-bond donors (Lipinski definition) is 1. The van der Waals surface area contributed by atoms with Crippen LogP contribution in [0.2, 0.25) is 0 Å². The normalized spacial score (nSPS) is 17.2. The highest BCUT2D eigenvalue weighted by Crippen LogP contribution is 2.39. The molecule has 0 bridgehead atoms. The molecule has 1 N–H and O–H groups in total. The fourth-order valence-corrected chi connectivity index (χ4v) is 14.7. The Morgan fingerprint density at radius 2 is 1.11 bits per heavy atom. The molecule has 0 aliphatic carbocycles. The number of ether oxygens (including phenoxy) is 1. The van der Waals surface area contributed by atoms with E-state index in [0.717, 1.165) is 159 Å². The molecular weight excluding hydrogens is 1060 g/mol. The van der Waals surface area contributed by atoms with Crippen molar-refractivity contribution in [3.63, 3.8) is 0 Å². The quantitative estimate of drug-likeness (QED) is 0.0404. The number of aromatic nitrogens is 2. The van der Waals surface area contributed by atoms with Gasteiger partial charge in [0.25, 0.3) is 29.4 Å². The molecule has 75 heavy (non-hydrogen) atoms. The minimum Gasteiger partial charge on any atom is -0.480 e. The number of benzene rings is 2. The lowest BCUT2D eigenvalue weighted by Crippen LogP contribution is -2.35. The lowest BCUT2D eigenvalue weighted by atomic mass is 9.98. The fourth-order valence-electron chi connectivity index (χ4n) is 9.43.